The Bertz CT molecular complexity index is 497. The van der Waals surface area contributed by atoms with Gasteiger partial charge in [0, 0.05) is 6.54 Å². The van der Waals surface area contributed by atoms with Crippen LogP contribution in [-0.2, 0) is 19.1 Å². The quantitative estimate of drug-likeness (QED) is 0.493. The van der Waals surface area contributed by atoms with Crippen molar-refractivity contribution >= 4 is 17.8 Å². The lowest BCUT2D eigenvalue weighted by Crippen LogP contribution is -2.53. The molecule has 0 aliphatic carbocycles. The van der Waals surface area contributed by atoms with Crippen LogP contribution in [0.4, 0.5) is 13.2 Å². The zero-order valence-corrected chi connectivity index (χ0v) is 15.2. The molecule has 1 heterocycles. The highest BCUT2D eigenvalue weighted by Crippen LogP contribution is 2.26. The summed E-state index contributed by atoms with van der Waals surface area (Å²) >= 11 is 0. The Balaban J connectivity index is 2.74. The number of amides is 2. The van der Waals surface area contributed by atoms with Crippen LogP contribution in [0.25, 0.3) is 0 Å². The predicted molar refractivity (Wildman–Crippen MR) is 88.1 cm³/mol. The number of esters is 1. The zero-order chi connectivity index (χ0) is 19.7. The highest BCUT2D eigenvalue weighted by Gasteiger charge is 2.48. The van der Waals surface area contributed by atoms with E-state index in [1.54, 1.807) is 0 Å². The summed E-state index contributed by atoms with van der Waals surface area (Å²) in [6.07, 6.45) is -1.26. The van der Waals surface area contributed by atoms with Gasteiger partial charge in [-0.1, -0.05) is 33.1 Å². The summed E-state index contributed by atoms with van der Waals surface area (Å²) in [7, 11) is 0. The van der Waals surface area contributed by atoms with Crippen LogP contribution in [0.1, 0.15) is 58.8 Å². The number of halogens is 3. The van der Waals surface area contributed by atoms with Crippen LogP contribution < -0.4 is 5.32 Å². The Morgan fingerprint density at radius 2 is 1.85 bits per heavy atom. The van der Waals surface area contributed by atoms with Crippen molar-refractivity contribution in [3.8, 4) is 0 Å². The molecule has 0 spiro atoms. The molecule has 1 saturated heterocycles. The van der Waals surface area contributed by atoms with Crippen molar-refractivity contribution in [3.63, 3.8) is 0 Å². The molecular formula is C17H27F3N2O4. The molecule has 1 aliphatic heterocycles. The maximum atomic E-state index is 12.7. The minimum Gasteiger partial charge on any atom is -0.464 e. The van der Waals surface area contributed by atoms with Crippen molar-refractivity contribution in [2.24, 2.45) is 0 Å². The van der Waals surface area contributed by atoms with E-state index in [0.29, 0.717) is 30.6 Å². The van der Waals surface area contributed by atoms with Gasteiger partial charge in [-0.05, 0) is 25.7 Å². The summed E-state index contributed by atoms with van der Waals surface area (Å²) in [5, 5.41) is 2.48. The van der Waals surface area contributed by atoms with E-state index in [1.807, 2.05) is 13.8 Å². The number of hydrogen-bond acceptors (Lipinski definition) is 4. The zero-order valence-electron chi connectivity index (χ0n) is 15.2. The minimum absolute atomic E-state index is 0.128. The van der Waals surface area contributed by atoms with Gasteiger partial charge in [0.05, 0.1) is 6.61 Å². The number of rotatable bonds is 9. The maximum Gasteiger partial charge on any atom is 0.471 e. The van der Waals surface area contributed by atoms with Gasteiger partial charge in [0.25, 0.3) is 0 Å². The summed E-state index contributed by atoms with van der Waals surface area (Å²) in [5.74, 6) is -3.36. The summed E-state index contributed by atoms with van der Waals surface area (Å²) in [5.41, 5.74) is 0. The Hall–Kier alpha value is -1.80. The molecule has 6 nitrogen and oxygen atoms in total. The molecule has 2 atom stereocenters. The normalized spacial score (nSPS) is 18.5. The summed E-state index contributed by atoms with van der Waals surface area (Å²) in [6.45, 7) is 3.96. The lowest BCUT2D eigenvalue weighted by Gasteiger charge is -2.26. The highest BCUT2D eigenvalue weighted by atomic mass is 19.4. The van der Waals surface area contributed by atoms with Gasteiger partial charge in [0.1, 0.15) is 12.1 Å². The average Bonchev–Trinajstić information content (AvgIpc) is 3.06. The van der Waals surface area contributed by atoms with Crippen molar-refractivity contribution in [3.05, 3.63) is 0 Å². The van der Waals surface area contributed by atoms with E-state index >= 15 is 0 Å². The Morgan fingerprint density at radius 3 is 2.42 bits per heavy atom. The third-order valence-electron chi connectivity index (χ3n) is 4.25. The number of unbranched alkanes of at least 4 members (excludes halogenated alkanes) is 2. The standard InChI is InChI=1S/C17H27F3N2O4/c1-3-5-8-12(15(24)26-11-6-4-2)21-14(23)13-9-7-10-22(13)16(25)17(18,19)20/h12-13H,3-11H2,1-2H3,(H,21,23)/t12-,13-/m0/s1. The second-order valence-electron chi connectivity index (χ2n) is 6.38. The van der Waals surface area contributed by atoms with Crippen LogP contribution in [0.2, 0.25) is 0 Å². The van der Waals surface area contributed by atoms with Gasteiger partial charge >= 0.3 is 18.1 Å². The second-order valence-corrected chi connectivity index (χ2v) is 6.38. The minimum atomic E-state index is -5.02. The maximum absolute atomic E-state index is 12.7. The van der Waals surface area contributed by atoms with Crippen molar-refractivity contribution in [2.75, 3.05) is 13.2 Å². The first-order chi connectivity index (χ1) is 12.2. The monoisotopic (exact) mass is 380 g/mol. The average molecular weight is 380 g/mol. The van der Waals surface area contributed by atoms with Crippen molar-refractivity contribution < 1.29 is 32.3 Å². The molecule has 0 unspecified atom stereocenters. The van der Waals surface area contributed by atoms with Crippen molar-refractivity contribution in [1.82, 2.24) is 10.2 Å². The largest absolute Gasteiger partial charge is 0.471 e. The number of hydrogen-bond donors (Lipinski definition) is 1. The molecule has 1 N–H and O–H groups in total. The van der Waals surface area contributed by atoms with E-state index in [9.17, 15) is 27.6 Å². The van der Waals surface area contributed by atoms with Gasteiger partial charge in [0.15, 0.2) is 0 Å². The molecule has 0 aromatic heterocycles. The van der Waals surface area contributed by atoms with Crippen LogP contribution in [0, 0.1) is 0 Å². The smallest absolute Gasteiger partial charge is 0.464 e. The third-order valence-corrected chi connectivity index (χ3v) is 4.25. The predicted octanol–water partition coefficient (Wildman–Crippen LogP) is 2.56. The van der Waals surface area contributed by atoms with E-state index in [4.69, 9.17) is 4.74 Å². The first-order valence-corrected chi connectivity index (χ1v) is 9.07. The molecule has 0 bridgehead atoms. The van der Waals surface area contributed by atoms with E-state index < -0.39 is 36.0 Å². The molecular weight excluding hydrogens is 353 g/mol. The van der Waals surface area contributed by atoms with Gasteiger partial charge < -0.3 is 15.0 Å². The van der Waals surface area contributed by atoms with Gasteiger partial charge in [0.2, 0.25) is 5.91 Å². The second kappa shape index (κ2) is 10.4. The molecule has 1 fully saturated rings. The molecule has 2 amide bonds. The van der Waals surface area contributed by atoms with Crippen LogP contribution in [0.15, 0.2) is 0 Å². The molecule has 0 aromatic carbocycles. The van der Waals surface area contributed by atoms with Gasteiger partial charge in [-0.3, -0.25) is 9.59 Å². The number of alkyl halides is 3. The Kier molecular flexibility index (Phi) is 8.87. The number of carbonyl (C=O) groups is 3. The molecule has 1 aliphatic rings. The van der Waals surface area contributed by atoms with E-state index in [-0.39, 0.29) is 19.6 Å². The van der Waals surface area contributed by atoms with Crippen LogP contribution >= 0.6 is 0 Å². The number of nitrogens with one attached hydrogen (secondary N) is 1. The van der Waals surface area contributed by atoms with Crippen LogP contribution in [0.3, 0.4) is 0 Å². The number of ether oxygens (including phenoxy) is 1. The molecule has 9 heteroatoms. The summed E-state index contributed by atoms with van der Waals surface area (Å²) in [4.78, 5) is 36.6. The van der Waals surface area contributed by atoms with Crippen LogP contribution in [0.5, 0.6) is 0 Å². The first-order valence-electron chi connectivity index (χ1n) is 9.07. The van der Waals surface area contributed by atoms with Gasteiger partial charge in [-0.25, -0.2) is 4.79 Å². The fourth-order valence-electron chi connectivity index (χ4n) is 2.79. The SMILES string of the molecule is CCCCOC(=O)[C@H](CCCC)NC(=O)[C@@H]1CCCN1C(=O)C(F)(F)F. The third kappa shape index (κ3) is 6.49. The number of carbonyl (C=O) groups excluding carboxylic acids is 3. The first kappa shape index (κ1) is 22.2. The molecule has 150 valence electrons. The lowest BCUT2D eigenvalue weighted by molar-refractivity contribution is -0.186. The molecule has 26 heavy (non-hydrogen) atoms. The van der Waals surface area contributed by atoms with E-state index in [0.717, 1.165) is 12.8 Å². The molecule has 0 aromatic rings. The Labute approximate surface area is 151 Å². The van der Waals surface area contributed by atoms with E-state index in [2.05, 4.69) is 5.32 Å². The molecule has 0 saturated carbocycles. The fraction of sp³-hybridized carbons (Fsp3) is 0.824. The van der Waals surface area contributed by atoms with Crippen molar-refractivity contribution in [2.45, 2.75) is 77.1 Å². The van der Waals surface area contributed by atoms with E-state index in [1.165, 1.54) is 0 Å². The van der Waals surface area contributed by atoms with Crippen LogP contribution in [-0.4, -0.2) is 54.1 Å². The van der Waals surface area contributed by atoms with Gasteiger partial charge in [-0.15, -0.1) is 0 Å². The Morgan fingerprint density at radius 1 is 1.19 bits per heavy atom. The topological polar surface area (TPSA) is 75.7 Å². The summed E-state index contributed by atoms with van der Waals surface area (Å²) in [6, 6.07) is -2.13. The number of likely N-dealkylation sites (tertiary alicyclic amines) is 1. The summed E-state index contributed by atoms with van der Waals surface area (Å²) < 4.78 is 43.1. The molecule has 0 radical (unpaired) electrons. The lowest BCUT2D eigenvalue weighted by atomic mass is 10.1. The fourth-order valence-corrected chi connectivity index (χ4v) is 2.79. The van der Waals surface area contributed by atoms with Crippen molar-refractivity contribution in [1.29, 1.82) is 0 Å². The number of nitrogens with zero attached hydrogens (tertiary/aromatic N) is 1. The van der Waals surface area contributed by atoms with Gasteiger partial charge in [-0.2, -0.15) is 13.2 Å². The highest BCUT2D eigenvalue weighted by molar-refractivity contribution is 5.92. The molecule has 1 rings (SSSR count).